The zero-order valence-electron chi connectivity index (χ0n) is 6.78. The van der Waals surface area contributed by atoms with Crippen LogP contribution in [0.5, 0.6) is 0 Å². The van der Waals surface area contributed by atoms with Crippen LogP contribution < -0.4 is 0 Å². The van der Waals surface area contributed by atoms with Crippen molar-refractivity contribution in [3.05, 3.63) is 0 Å². The molecule has 0 aromatic carbocycles. The second-order valence-electron chi connectivity index (χ2n) is 2.29. The zero-order chi connectivity index (χ0) is 6.62. The fourth-order valence-corrected chi connectivity index (χ4v) is 0.750. The van der Waals surface area contributed by atoms with E-state index >= 15 is 0 Å². The van der Waals surface area contributed by atoms with E-state index in [1.807, 2.05) is 20.8 Å². The molecular weight excluding hydrogens is 131 g/mol. The van der Waals surface area contributed by atoms with Crippen molar-refractivity contribution in [1.29, 1.82) is 0 Å². The van der Waals surface area contributed by atoms with Crippen LogP contribution in [-0.4, -0.2) is 10.7 Å². The molecule has 2 heteroatoms. The van der Waals surface area contributed by atoms with Gasteiger partial charge in [-0.2, -0.15) is 9.90 Å². The van der Waals surface area contributed by atoms with Gasteiger partial charge in [0.15, 0.2) is 0 Å². The summed E-state index contributed by atoms with van der Waals surface area (Å²) >= 11 is 0. The summed E-state index contributed by atoms with van der Waals surface area (Å²) in [5.41, 5.74) is -0.375. The van der Waals surface area contributed by atoms with E-state index in [0.717, 1.165) is 19.3 Å². The minimum atomic E-state index is -0.375. The number of aliphatic hydroxyl groups is 1. The molecule has 9 heavy (non-hydrogen) atoms. The van der Waals surface area contributed by atoms with E-state index in [9.17, 15) is 5.11 Å². The molecule has 1 atom stereocenters. The number of hydrogen-bond donors (Lipinski definition) is 1. The van der Waals surface area contributed by atoms with Crippen molar-refractivity contribution >= 4 is 9.90 Å². The van der Waals surface area contributed by atoms with Crippen LogP contribution in [-0.2, 0) is 0 Å². The minimum absolute atomic E-state index is 0. The van der Waals surface area contributed by atoms with Crippen molar-refractivity contribution in [2.75, 3.05) is 0 Å². The quantitative estimate of drug-likeness (QED) is 0.610. The molecule has 0 saturated carbocycles. The van der Waals surface area contributed by atoms with E-state index in [1.165, 1.54) is 0 Å². The Morgan fingerprint density at radius 2 is 1.22 bits per heavy atom. The molecule has 0 aliphatic carbocycles. The Bertz CT molecular complexity index is 51.7. The van der Waals surface area contributed by atoms with E-state index < -0.39 is 0 Å². The molecule has 0 fully saturated rings. The SMILES string of the molecule is CCC(O)(CC)CC.P. The molecule has 0 aromatic heterocycles. The molecule has 0 bridgehead atoms. The zero-order valence-corrected chi connectivity index (χ0v) is 8.19. The summed E-state index contributed by atoms with van der Waals surface area (Å²) in [6.45, 7) is 6.06. The molecule has 0 aliphatic rings. The van der Waals surface area contributed by atoms with Gasteiger partial charge in [0.2, 0.25) is 0 Å². The van der Waals surface area contributed by atoms with Gasteiger partial charge < -0.3 is 5.11 Å². The monoisotopic (exact) mass is 150 g/mol. The second-order valence-corrected chi connectivity index (χ2v) is 2.29. The number of hydrogen-bond acceptors (Lipinski definition) is 1. The third-order valence-corrected chi connectivity index (χ3v) is 1.97. The standard InChI is InChI=1S/C7H16O.H3P/c1-4-7(8,5-2)6-3;/h8H,4-6H2,1-3H3;1H3. The highest BCUT2D eigenvalue weighted by Crippen LogP contribution is 2.17. The van der Waals surface area contributed by atoms with Crippen molar-refractivity contribution in [2.45, 2.75) is 45.6 Å². The summed E-state index contributed by atoms with van der Waals surface area (Å²) in [6, 6.07) is 0. The van der Waals surface area contributed by atoms with Crippen molar-refractivity contribution < 1.29 is 5.11 Å². The van der Waals surface area contributed by atoms with Crippen LogP contribution >= 0.6 is 9.90 Å². The Balaban J connectivity index is 0. The molecule has 1 nitrogen and oxygen atoms in total. The highest BCUT2D eigenvalue weighted by Gasteiger charge is 2.17. The topological polar surface area (TPSA) is 20.2 Å². The third-order valence-electron chi connectivity index (χ3n) is 1.97. The summed E-state index contributed by atoms with van der Waals surface area (Å²) in [7, 11) is 0. The van der Waals surface area contributed by atoms with Crippen LogP contribution in [0.25, 0.3) is 0 Å². The lowest BCUT2D eigenvalue weighted by Gasteiger charge is -2.22. The van der Waals surface area contributed by atoms with Gasteiger partial charge in [-0.1, -0.05) is 20.8 Å². The Morgan fingerprint density at radius 1 is 1.00 bits per heavy atom. The van der Waals surface area contributed by atoms with Gasteiger partial charge in [0, 0.05) is 0 Å². The van der Waals surface area contributed by atoms with Crippen LogP contribution in [0.2, 0.25) is 0 Å². The van der Waals surface area contributed by atoms with E-state index in [-0.39, 0.29) is 15.5 Å². The molecule has 0 rings (SSSR count). The van der Waals surface area contributed by atoms with Crippen molar-refractivity contribution in [1.82, 2.24) is 0 Å². The van der Waals surface area contributed by atoms with E-state index in [2.05, 4.69) is 0 Å². The highest BCUT2D eigenvalue weighted by molar-refractivity contribution is 6.92. The Morgan fingerprint density at radius 3 is 1.22 bits per heavy atom. The maximum atomic E-state index is 9.44. The average Bonchev–Trinajstić information content (AvgIpc) is 1.87. The molecular formula is C7H19OP. The van der Waals surface area contributed by atoms with Crippen molar-refractivity contribution in [3.63, 3.8) is 0 Å². The van der Waals surface area contributed by atoms with Gasteiger partial charge in [-0.25, -0.2) is 0 Å². The van der Waals surface area contributed by atoms with Crippen LogP contribution in [0.3, 0.4) is 0 Å². The summed E-state index contributed by atoms with van der Waals surface area (Å²) in [4.78, 5) is 0. The van der Waals surface area contributed by atoms with Crippen LogP contribution in [0.15, 0.2) is 0 Å². The molecule has 58 valence electrons. The molecule has 0 saturated heterocycles. The molecule has 0 aliphatic heterocycles. The summed E-state index contributed by atoms with van der Waals surface area (Å²) in [5, 5.41) is 9.44. The van der Waals surface area contributed by atoms with Gasteiger partial charge in [0.1, 0.15) is 0 Å². The normalized spacial score (nSPS) is 10.7. The Hall–Kier alpha value is 0.390. The molecule has 0 spiro atoms. The van der Waals surface area contributed by atoms with Crippen LogP contribution in [0, 0.1) is 0 Å². The predicted octanol–water partition coefficient (Wildman–Crippen LogP) is 2.01. The highest BCUT2D eigenvalue weighted by atomic mass is 31.0. The molecule has 0 radical (unpaired) electrons. The smallest absolute Gasteiger partial charge is 0.0640 e. The number of rotatable bonds is 3. The lowest BCUT2D eigenvalue weighted by atomic mass is 9.95. The van der Waals surface area contributed by atoms with E-state index in [0.29, 0.717) is 0 Å². The third kappa shape index (κ3) is 3.89. The van der Waals surface area contributed by atoms with E-state index in [1.54, 1.807) is 0 Å². The maximum Gasteiger partial charge on any atom is 0.0640 e. The van der Waals surface area contributed by atoms with Gasteiger partial charge in [-0.15, -0.1) is 0 Å². The minimum Gasteiger partial charge on any atom is -0.390 e. The Labute approximate surface area is 61.5 Å². The summed E-state index contributed by atoms with van der Waals surface area (Å²) in [6.07, 6.45) is 2.62. The summed E-state index contributed by atoms with van der Waals surface area (Å²) in [5.74, 6) is 0. The summed E-state index contributed by atoms with van der Waals surface area (Å²) < 4.78 is 0. The first kappa shape index (κ1) is 12.1. The van der Waals surface area contributed by atoms with Crippen LogP contribution in [0.1, 0.15) is 40.0 Å². The molecule has 0 amide bonds. The largest absolute Gasteiger partial charge is 0.390 e. The fraction of sp³-hybridized carbons (Fsp3) is 1.00. The molecule has 1 N–H and O–H groups in total. The van der Waals surface area contributed by atoms with Crippen molar-refractivity contribution in [3.8, 4) is 0 Å². The van der Waals surface area contributed by atoms with Gasteiger partial charge in [-0.3, -0.25) is 0 Å². The predicted molar refractivity (Wildman–Crippen MR) is 46.9 cm³/mol. The Kier molecular flexibility index (Phi) is 6.99. The van der Waals surface area contributed by atoms with Gasteiger partial charge >= 0.3 is 0 Å². The van der Waals surface area contributed by atoms with Crippen LogP contribution in [0.4, 0.5) is 0 Å². The van der Waals surface area contributed by atoms with Gasteiger partial charge in [0.25, 0.3) is 0 Å². The first-order chi connectivity index (χ1) is 3.68. The maximum absolute atomic E-state index is 9.44. The van der Waals surface area contributed by atoms with Gasteiger partial charge in [-0.05, 0) is 19.3 Å². The van der Waals surface area contributed by atoms with Gasteiger partial charge in [0.05, 0.1) is 5.60 Å². The lowest BCUT2D eigenvalue weighted by molar-refractivity contribution is 0.0285. The van der Waals surface area contributed by atoms with E-state index in [4.69, 9.17) is 0 Å². The van der Waals surface area contributed by atoms with Crippen molar-refractivity contribution in [2.24, 2.45) is 0 Å². The first-order valence-corrected chi connectivity index (χ1v) is 3.41. The molecule has 1 unspecified atom stereocenters. The average molecular weight is 150 g/mol. The second kappa shape index (κ2) is 5.20. The first-order valence-electron chi connectivity index (χ1n) is 3.41. The lowest BCUT2D eigenvalue weighted by Crippen LogP contribution is -2.24. The molecule has 0 aromatic rings. The molecule has 0 heterocycles. The fourth-order valence-electron chi connectivity index (χ4n) is 0.750.